The summed E-state index contributed by atoms with van der Waals surface area (Å²) in [6.45, 7) is 1.48. The van der Waals surface area contributed by atoms with Crippen molar-refractivity contribution in [3.8, 4) is 11.5 Å². The molecule has 0 spiro atoms. The molecular weight excluding hydrogens is 592 g/mol. The summed E-state index contributed by atoms with van der Waals surface area (Å²) in [6.07, 6.45) is 7.87. The monoisotopic (exact) mass is 626 g/mol. The smallest absolute Gasteiger partial charge is 0.287 e. The van der Waals surface area contributed by atoms with Crippen LogP contribution in [-0.4, -0.2) is 39.5 Å². The Morgan fingerprint density at radius 1 is 1.00 bits per heavy atom. The molecule has 9 heteroatoms. The Labute approximate surface area is 265 Å². The summed E-state index contributed by atoms with van der Waals surface area (Å²) in [5, 5.41) is 23.4. The molecule has 0 radical (unpaired) electrons. The second-order valence-corrected chi connectivity index (χ2v) is 12.4. The molecule has 4 aromatic rings. The molecule has 3 aromatic carbocycles. The molecule has 2 fully saturated rings. The van der Waals surface area contributed by atoms with Crippen molar-refractivity contribution < 1.29 is 24.2 Å². The van der Waals surface area contributed by atoms with Gasteiger partial charge in [-0.15, -0.1) is 0 Å². The third kappa shape index (κ3) is 7.07. The third-order valence-electron chi connectivity index (χ3n) is 8.83. The van der Waals surface area contributed by atoms with Crippen LogP contribution in [0.25, 0.3) is 11.0 Å². The van der Waals surface area contributed by atoms with Gasteiger partial charge in [-0.1, -0.05) is 59.6 Å². The highest BCUT2D eigenvalue weighted by atomic mass is 35.5. The summed E-state index contributed by atoms with van der Waals surface area (Å²) < 4.78 is 5.68. The maximum absolute atomic E-state index is 13.4. The summed E-state index contributed by atoms with van der Waals surface area (Å²) in [6, 6.07) is 18.9. The molecule has 3 N–H and O–H groups in total. The van der Waals surface area contributed by atoms with Crippen LogP contribution in [0, 0.1) is 0 Å². The number of carbonyl (C=O) groups excluding carboxylic acids is 2. The molecule has 2 heterocycles. The fourth-order valence-corrected chi connectivity index (χ4v) is 6.59. The Hall–Kier alpha value is -4.56. The average Bonchev–Trinajstić information content (AvgIpc) is 3.43. The number of phenols is 2. The lowest BCUT2D eigenvalue weighted by molar-refractivity contribution is -0.128. The van der Waals surface area contributed by atoms with Gasteiger partial charge < -0.3 is 24.8 Å². The normalized spacial score (nSPS) is 17.4. The number of amides is 2. The Kier molecular flexibility index (Phi) is 8.94. The maximum Gasteiger partial charge on any atom is 0.287 e. The topological polar surface area (TPSA) is 120 Å². The van der Waals surface area contributed by atoms with Crippen LogP contribution in [-0.2, 0) is 17.8 Å². The first-order valence-corrected chi connectivity index (χ1v) is 15.7. The van der Waals surface area contributed by atoms with Gasteiger partial charge >= 0.3 is 0 Å². The highest BCUT2D eigenvalue weighted by Gasteiger charge is 2.25. The lowest BCUT2D eigenvalue weighted by Crippen LogP contribution is -2.36. The van der Waals surface area contributed by atoms with Crippen LogP contribution < -0.4 is 10.7 Å². The van der Waals surface area contributed by atoms with Crippen molar-refractivity contribution >= 4 is 34.4 Å². The van der Waals surface area contributed by atoms with Crippen molar-refractivity contribution in [1.29, 1.82) is 0 Å². The fourth-order valence-electron chi connectivity index (χ4n) is 6.46. The van der Waals surface area contributed by atoms with Crippen LogP contribution >= 0.6 is 11.6 Å². The number of rotatable bonds is 8. The van der Waals surface area contributed by atoms with Crippen LogP contribution in [0.4, 0.5) is 0 Å². The fraction of sp³-hybridized carbons (Fsp3) is 0.306. The molecule has 0 unspecified atom stereocenters. The Balaban J connectivity index is 1.20. The average molecular weight is 627 g/mol. The van der Waals surface area contributed by atoms with Crippen molar-refractivity contribution in [2.75, 3.05) is 6.54 Å². The molecule has 1 aliphatic heterocycles. The summed E-state index contributed by atoms with van der Waals surface area (Å²) in [4.78, 5) is 40.3. The molecule has 1 aliphatic carbocycles. The summed E-state index contributed by atoms with van der Waals surface area (Å²) >= 11 is 6.10. The molecule has 232 valence electrons. The van der Waals surface area contributed by atoms with E-state index in [1.54, 1.807) is 0 Å². The minimum atomic E-state index is -0.559. The first kappa shape index (κ1) is 30.5. The predicted molar refractivity (Wildman–Crippen MR) is 173 cm³/mol. The zero-order valence-electron chi connectivity index (χ0n) is 24.8. The molecule has 8 nitrogen and oxygen atoms in total. The molecule has 1 saturated heterocycles. The number of nitrogens with one attached hydrogen (secondary N) is 1. The van der Waals surface area contributed by atoms with E-state index in [-0.39, 0.29) is 28.7 Å². The van der Waals surface area contributed by atoms with Crippen LogP contribution in [0.1, 0.15) is 71.7 Å². The van der Waals surface area contributed by atoms with E-state index in [2.05, 4.69) is 29.6 Å². The van der Waals surface area contributed by atoms with Crippen molar-refractivity contribution in [2.24, 2.45) is 0 Å². The summed E-state index contributed by atoms with van der Waals surface area (Å²) in [5.74, 6) is -1.01. The quantitative estimate of drug-likeness (QED) is 0.150. The van der Waals surface area contributed by atoms with E-state index in [0.717, 1.165) is 62.4 Å². The molecule has 45 heavy (non-hydrogen) atoms. The molecule has 1 saturated carbocycles. The van der Waals surface area contributed by atoms with Crippen LogP contribution in [0.3, 0.4) is 0 Å². The van der Waals surface area contributed by atoms with Gasteiger partial charge in [0.1, 0.15) is 5.58 Å². The number of hydrogen-bond acceptors (Lipinski definition) is 6. The van der Waals surface area contributed by atoms with E-state index in [0.29, 0.717) is 30.3 Å². The molecule has 2 amide bonds. The van der Waals surface area contributed by atoms with Gasteiger partial charge in [0, 0.05) is 36.7 Å². The third-order valence-corrected chi connectivity index (χ3v) is 9.08. The second-order valence-electron chi connectivity index (χ2n) is 11.9. The number of hydrogen-bond donors (Lipinski definition) is 3. The summed E-state index contributed by atoms with van der Waals surface area (Å²) in [7, 11) is 0. The Bertz CT molecular complexity index is 1820. The number of benzene rings is 3. The minimum absolute atomic E-state index is 0.00302. The van der Waals surface area contributed by atoms with E-state index >= 15 is 0 Å². The van der Waals surface area contributed by atoms with E-state index in [9.17, 15) is 24.6 Å². The van der Waals surface area contributed by atoms with E-state index in [4.69, 9.17) is 16.0 Å². The van der Waals surface area contributed by atoms with Gasteiger partial charge in [0.25, 0.3) is 5.91 Å². The number of likely N-dealkylation sites (tertiary alicyclic amines) is 1. The number of halogens is 1. The predicted octanol–water partition coefficient (Wildman–Crippen LogP) is 6.61. The molecule has 1 aromatic heterocycles. The number of fused-ring (bicyclic) bond motifs is 1. The zero-order valence-corrected chi connectivity index (χ0v) is 25.6. The number of carbonyl (C=O) groups is 2. The SMILES string of the molecule is O=C(N[C@@H](C=C1CCC(c2ccccc2CN2CCCC2=O)CC1)Cc1ccc(Cl)cc1)c1cc(=O)c2cc(O)c(O)cc2o1. The first-order valence-electron chi connectivity index (χ1n) is 15.3. The maximum atomic E-state index is 13.4. The first-order chi connectivity index (χ1) is 21.7. The minimum Gasteiger partial charge on any atom is -0.504 e. The lowest BCUT2D eigenvalue weighted by atomic mass is 9.79. The van der Waals surface area contributed by atoms with Crippen molar-refractivity contribution in [2.45, 2.75) is 63.5 Å². The van der Waals surface area contributed by atoms with Gasteiger partial charge in [-0.25, -0.2) is 0 Å². The van der Waals surface area contributed by atoms with Gasteiger partial charge in [0.2, 0.25) is 5.91 Å². The Morgan fingerprint density at radius 2 is 1.73 bits per heavy atom. The van der Waals surface area contributed by atoms with Crippen LogP contribution in [0.15, 0.2) is 87.6 Å². The van der Waals surface area contributed by atoms with E-state index in [1.165, 1.54) is 16.7 Å². The van der Waals surface area contributed by atoms with Crippen molar-refractivity contribution in [3.63, 3.8) is 0 Å². The van der Waals surface area contributed by atoms with Gasteiger partial charge in [-0.3, -0.25) is 14.4 Å². The Morgan fingerprint density at radius 3 is 2.47 bits per heavy atom. The number of phenolic OH excluding ortho intramolecular Hbond substituents is 2. The highest BCUT2D eigenvalue weighted by molar-refractivity contribution is 6.30. The van der Waals surface area contributed by atoms with Gasteiger partial charge in [-0.2, -0.15) is 0 Å². The van der Waals surface area contributed by atoms with Crippen LogP contribution in [0.5, 0.6) is 11.5 Å². The number of aromatic hydroxyl groups is 2. The van der Waals surface area contributed by atoms with E-state index in [1.807, 2.05) is 35.2 Å². The van der Waals surface area contributed by atoms with E-state index < -0.39 is 22.8 Å². The largest absolute Gasteiger partial charge is 0.504 e. The van der Waals surface area contributed by atoms with Crippen molar-refractivity contribution in [3.05, 3.63) is 116 Å². The molecule has 6 rings (SSSR count). The van der Waals surface area contributed by atoms with Gasteiger partial charge in [-0.05, 0) is 79.3 Å². The zero-order chi connectivity index (χ0) is 31.5. The standard InChI is InChI=1S/C36H35ClN2O6/c37-26-13-9-23(10-14-26)17-27(38-36(44)34-19-30(40)29-18-31(41)32(42)20-33(29)45-34)16-22-7-11-24(12-8-22)28-5-2-1-4-25(28)21-39-15-3-6-35(39)43/h1-2,4-5,9-10,13-14,16,18-20,24,27,41-42H,3,6-8,11-12,15,17,21H2,(H,38,44)/t24?,27-/m0/s1. The molecule has 2 aliphatic rings. The van der Waals surface area contributed by atoms with Crippen molar-refractivity contribution in [1.82, 2.24) is 10.2 Å². The summed E-state index contributed by atoms with van der Waals surface area (Å²) in [5.41, 5.74) is 4.27. The molecule has 0 bridgehead atoms. The second kappa shape index (κ2) is 13.2. The van der Waals surface area contributed by atoms with Gasteiger partial charge in [0.15, 0.2) is 22.7 Å². The lowest BCUT2D eigenvalue weighted by Gasteiger charge is -2.28. The van der Waals surface area contributed by atoms with Crippen LogP contribution in [0.2, 0.25) is 5.02 Å². The number of nitrogens with zero attached hydrogens (tertiary/aromatic N) is 1. The van der Waals surface area contributed by atoms with Gasteiger partial charge in [0.05, 0.1) is 11.4 Å². The molecule has 1 atom stereocenters. The molecular formula is C36H35ClN2O6. The number of allylic oxidation sites excluding steroid dienone is 1. The highest BCUT2D eigenvalue weighted by Crippen LogP contribution is 2.38.